The molecular weight excluding hydrogens is 308 g/mol. The van der Waals surface area contributed by atoms with Crippen LogP contribution in [-0.2, 0) is 0 Å². The van der Waals surface area contributed by atoms with Crippen molar-refractivity contribution in [3.05, 3.63) is 39.8 Å². The molecule has 0 fully saturated rings. The standard InChI is InChI=1S/C12H11BrN6/c1-7-3-10(13)4-11(8(7)2)15-6-9(5-14)12-16-18-19-17-12/h3-4,6,15H,1-2H3,(H,16,17,18,19). The van der Waals surface area contributed by atoms with E-state index in [-0.39, 0.29) is 5.82 Å². The second-order valence-corrected chi connectivity index (χ2v) is 4.86. The third-order valence-electron chi connectivity index (χ3n) is 2.71. The highest BCUT2D eigenvalue weighted by molar-refractivity contribution is 9.10. The van der Waals surface area contributed by atoms with Crippen molar-refractivity contribution in [1.82, 2.24) is 20.6 Å². The average Bonchev–Trinajstić information content (AvgIpc) is 2.89. The summed E-state index contributed by atoms with van der Waals surface area (Å²) in [5.74, 6) is 0.263. The fourth-order valence-electron chi connectivity index (χ4n) is 1.54. The van der Waals surface area contributed by atoms with Crippen LogP contribution in [-0.4, -0.2) is 20.6 Å². The lowest BCUT2D eigenvalue weighted by Gasteiger charge is -2.09. The summed E-state index contributed by atoms with van der Waals surface area (Å²) in [4.78, 5) is 0. The number of rotatable bonds is 3. The maximum absolute atomic E-state index is 9.07. The van der Waals surface area contributed by atoms with Crippen molar-refractivity contribution in [2.45, 2.75) is 13.8 Å². The van der Waals surface area contributed by atoms with Gasteiger partial charge >= 0.3 is 0 Å². The van der Waals surface area contributed by atoms with E-state index in [2.05, 4.69) is 41.9 Å². The minimum absolute atomic E-state index is 0.263. The van der Waals surface area contributed by atoms with Gasteiger partial charge in [0.15, 0.2) is 0 Å². The highest BCUT2D eigenvalue weighted by Crippen LogP contribution is 2.25. The van der Waals surface area contributed by atoms with Crippen LogP contribution in [0.1, 0.15) is 17.0 Å². The summed E-state index contributed by atoms with van der Waals surface area (Å²) in [7, 11) is 0. The molecule has 2 aromatic rings. The van der Waals surface area contributed by atoms with E-state index in [1.54, 1.807) is 6.20 Å². The Labute approximate surface area is 118 Å². The molecule has 0 aliphatic rings. The predicted molar refractivity (Wildman–Crippen MR) is 75.0 cm³/mol. The van der Waals surface area contributed by atoms with Crippen LogP contribution in [0.5, 0.6) is 0 Å². The van der Waals surface area contributed by atoms with Crippen LogP contribution in [0.2, 0.25) is 0 Å². The van der Waals surface area contributed by atoms with Crippen LogP contribution in [0.15, 0.2) is 22.8 Å². The second-order valence-electron chi connectivity index (χ2n) is 3.94. The lowest BCUT2D eigenvalue weighted by molar-refractivity contribution is 0.881. The zero-order valence-corrected chi connectivity index (χ0v) is 12.0. The first-order chi connectivity index (χ1) is 9.11. The number of hydrogen-bond acceptors (Lipinski definition) is 5. The zero-order chi connectivity index (χ0) is 13.8. The largest absolute Gasteiger partial charge is 0.360 e. The van der Waals surface area contributed by atoms with Crippen molar-refractivity contribution in [3.8, 4) is 6.07 Å². The zero-order valence-electron chi connectivity index (χ0n) is 10.4. The smallest absolute Gasteiger partial charge is 0.216 e. The number of aryl methyl sites for hydroxylation is 1. The molecule has 6 nitrogen and oxygen atoms in total. The number of anilines is 1. The van der Waals surface area contributed by atoms with Crippen LogP contribution in [0, 0.1) is 25.2 Å². The van der Waals surface area contributed by atoms with Gasteiger partial charge in [0, 0.05) is 16.4 Å². The molecule has 1 heterocycles. The van der Waals surface area contributed by atoms with Crippen LogP contribution in [0.25, 0.3) is 5.57 Å². The van der Waals surface area contributed by atoms with E-state index in [9.17, 15) is 0 Å². The number of halogens is 1. The third kappa shape index (κ3) is 2.98. The summed E-state index contributed by atoms with van der Waals surface area (Å²) >= 11 is 3.44. The Kier molecular flexibility index (Phi) is 3.92. The number of allylic oxidation sites excluding steroid dienone is 1. The molecule has 0 radical (unpaired) electrons. The maximum atomic E-state index is 9.07. The Morgan fingerprint density at radius 3 is 2.89 bits per heavy atom. The monoisotopic (exact) mass is 318 g/mol. The van der Waals surface area contributed by atoms with E-state index in [1.165, 1.54) is 0 Å². The molecule has 19 heavy (non-hydrogen) atoms. The molecule has 0 aliphatic carbocycles. The lowest BCUT2D eigenvalue weighted by atomic mass is 10.1. The minimum atomic E-state index is 0.263. The van der Waals surface area contributed by atoms with Gasteiger partial charge in [-0.2, -0.15) is 10.5 Å². The van der Waals surface area contributed by atoms with Crippen LogP contribution < -0.4 is 5.32 Å². The average molecular weight is 319 g/mol. The van der Waals surface area contributed by atoms with Gasteiger partial charge in [0.1, 0.15) is 11.6 Å². The minimum Gasteiger partial charge on any atom is -0.360 e. The van der Waals surface area contributed by atoms with Gasteiger partial charge in [-0.25, -0.2) is 0 Å². The summed E-state index contributed by atoms with van der Waals surface area (Å²) in [6.07, 6.45) is 1.57. The number of nitrogens with one attached hydrogen (secondary N) is 2. The molecule has 7 heteroatoms. The van der Waals surface area contributed by atoms with E-state index in [1.807, 2.05) is 32.0 Å². The van der Waals surface area contributed by atoms with Gasteiger partial charge in [-0.15, -0.1) is 10.2 Å². The van der Waals surface area contributed by atoms with Crippen LogP contribution in [0.3, 0.4) is 0 Å². The molecule has 96 valence electrons. The SMILES string of the molecule is Cc1cc(Br)cc(NC=C(C#N)c2nn[nH]n2)c1C. The van der Waals surface area contributed by atoms with Crippen molar-refractivity contribution in [2.75, 3.05) is 5.32 Å². The molecule has 2 N–H and O–H groups in total. The highest BCUT2D eigenvalue weighted by Gasteiger charge is 2.07. The Balaban J connectivity index is 2.30. The third-order valence-corrected chi connectivity index (χ3v) is 3.17. The fraction of sp³-hybridized carbons (Fsp3) is 0.167. The Hall–Kier alpha value is -2.20. The Morgan fingerprint density at radius 2 is 2.26 bits per heavy atom. The number of hydrogen-bond donors (Lipinski definition) is 2. The van der Waals surface area contributed by atoms with Crippen molar-refractivity contribution < 1.29 is 0 Å². The molecule has 0 unspecified atom stereocenters. The molecular formula is C12H11BrN6. The number of nitrogens with zero attached hydrogens (tertiary/aromatic N) is 4. The van der Waals surface area contributed by atoms with Gasteiger partial charge in [0.2, 0.25) is 5.82 Å². The lowest BCUT2D eigenvalue weighted by Crippen LogP contribution is -1.96. The molecule has 0 saturated heterocycles. The first kappa shape index (κ1) is 13.2. The predicted octanol–water partition coefficient (Wildman–Crippen LogP) is 2.56. The van der Waals surface area contributed by atoms with Gasteiger partial charge in [-0.05, 0) is 42.3 Å². The molecule has 0 aliphatic heterocycles. The van der Waals surface area contributed by atoms with Crippen LogP contribution >= 0.6 is 15.9 Å². The van der Waals surface area contributed by atoms with Gasteiger partial charge < -0.3 is 5.32 Å². The first-order valence-electron chi connectivity index (χ1n) is 5.49. The van der Waals surface area contributed by atoms with E-state index in [4.69, 9.17) is 5.26 Å². The summed E-state index contributed by atoms with van der Waals surface area (Å²) in [6.45, 7) is 4.04. The maximum Gasteiger partial charge on any atom is 0.216 e. The molecule has 0 saturated carbocycles. The van der Waals surface area contributed by atoms with Crippen molar-refractivity contribution in [1.29, 1.82) is 5.26 Å². The van der Waals surface area contributed by atoms with Crippen molar-refractivity contribution in [2.24, 2.45) is 0 Å². The normalized spacial score (nSPS) is 11.2. The summed E-state index contributed by atoms with van der Waals surface area (Å²) in [5.41, 5.74) is 3.50. The molecule has 0 atom stereocenters. The molecule has 2 rings (SSSR count). The Bertz CT molecular complexity index is 654. The quantitative estimate of drug-likeness (QED) is 0.849. The number of tetrazole rings is 1. The van der Waals surface area contributed by atoms with Crippen LogP contribution in [0.4, 0.5) is 5.69 Å². The molecule has 1 aromatic carbocycles. The van der Waals surface area contributed by atoms with E-state index in [0.29, 0.717) is 5.57 Å². The van der Waals surface area contributed by atoms with Gasteiger partial charge in [0.25, 0.3) is 0 Å². The van der Waals surface area contributed by atoms with Gasteiger partial charge in [0.05, 0.1) is 0 Å². The van der Waals surface area contributed by atoms with E-state index >= 15 is 0 Å². The summed E-state index contributed by atoms with van der Waals surface area (Å²) in [6, 6.07) is 6.01. The fourth-order valence-corrected chi connectivity index (χ4v) is 2.11. The molecule has 0 spiro atoms. The number of H-pyrrole nitrogens is 1. The van der Waals surface area contributed by atoms with Gasteiger partial charge in [-0.1, -0.05) is 15.9 Å². The number of aromatic nitrogens is 4. The van der Waals surface area contributed by atoms with E-state index in [0.717, 1.165) is 21.3 Å². The topological polar surface area (TPSA) is 90.3 Å². The van der Waals surface area contributed by atoms with Crippen molar-refractivity contribution >= 4 is 27.2 Å². The Morgan fingerprint density at radius 1 is 1.47 bits per heavy atom. The van der Waals surface area contributed by atoms with E-state index < -0.39 is 0 Å². The number of benzene rings is 1. The summed E-state index contributed by atoms with van der Waals surface area (Å²) < 4.78 is 0.976. The molecule has 0 amide bonds. The molecule has 0 bridgehead atoms. The number of aromatic amines is 1. The van der Waals surface area contributed by atoms with Gasteiger partial charge in [-0.3, -0.25) is 0 Å². The molecule has 1 aromatic heterocycles. The highest BCUT2D eigenvalue weighted by atomic mass is 79.9. The second kappa shape index (κ2) is 5.63. The first-order valence-corrected chi connectivity index (χ1v) is 6.28. The summed E-state index contributed by atoms with van der Waals surface area (Å²) in [5, 5.41) is 25.4. The number of nitriles is 1. The van der Waals surface area contributed by atoms with Crippen molar-refractivity contribution in [3.63, 3.8) is 0 Å².